The van der Waals surface area contributed by atoms with Gasteiger partial charge in [0, 0.05) is 12.2 Å². The number of ether oxygens (including phenoxy) is 1. The van der Waals surface area contributed by atoms with Crippen LogP contribution in [0.1, 0.15) is 24.0 Å². The maximum atomic E-state index is 12.0. The maximum absolute atomic E-state index is 12.0. The highest BCUT2D eigenvalue weighted by Gasteiger charge is 2.12. The van der Waals surface area contributed by atoms with Crippen molar-refractivity contribution in [2.75, 3.05) is 31.6 Å². The van der Waals surface area contributed by atoms with Crippen molar-refractivity contribution in [3.63, 3.8) is 0 Å². The SMILES string of the molecule is Cc1ccc(NC(=O)COc2cccc(CNCC3CCNCC3)c2)cc1. The average Bonchev–Trinajstić information content (AvgIpc) is 2.69. The molecule has 144 valence electrons. The van der Waals surface area contributed by atoms with Crippen molar-refractivity contribution in [1.82, 2.24) is 10.6 Å². The lowest BCUT2D eigenvalue weighted by Gasteiger charge is -2.22. The molecule has 1 fully saturated rings. The molecule has 5 nitrogen and oxygen atoms in total. The molecular weight excluding hydrogens is 338 g/mol. The van der Waals surface area contributed by atoms with Gasteiger partial charge in [-0.1, -0.05) is 29.8 Å². The molecule has 0 saturated carbocycles. The van der Waals surface area contributed by atoms with Gasteiger partial charge in [0.05, 0.1) is 0 Å². The van der Waals surface area contributed by atoms with Crippen molar-refractivity contribution in [2.24, 2.45) is 5.92 Å². The molecule has 2 aromatic carbocycles. The number of anilines is 1. The number of carbonyl (C=O) groups is 1. The minimum Gasteiger partial charge on any atom is -0.484 e. The van der Waals surface area contributed by atoms with Gasteiger partial charge in [0.2, 0.25) is 0 Å². The van der Waals surface area contributed by atoms with Crippen LogP contribution in [0, 0.1) is 12.8 Å². The molecule has 0 aromatic heterocycles. The fourth-order valence-electron chi connectivity index (χ4n) is 3.23. The Labute approximate surface area is 161 Å². The van der Waals surface area contributed by atoms with Crippen molar-refractivity contribution < 1.29 is 9.53 Å². The monoisotopic (exact) mass is 367 g/mol. The van der Waals surface area contributed by atoms with Gasteiger partial charge < -0.3 is 20.7 Å². The van der Waals surface area contributed by atoms with E-state index in [0.29, 0.717) is 0 Å². The third-order valence-corrected chi connectivity index (χ3v) is 4.82. The van der Waals surface area contributed by atoms with E-state index in [9.17, 15) is 4.79 Å². The molecule has 0 bridgehead atoms. The van der Waals surface area contributed by atoms with Crippen LogP contribution in [0.5, 0.6) is 5.75 Å². The summed E-state index contributed by atoms with van der Waals surface area (Å²) in [6.07, 6.45) is 2.48. The lowest BCUT2D eigenvalue weighted by atomic mass is 9.98. The van der Waals surface area contributed by atoms with E-state index in [4.69, 9.17) is 4.74 Å². The van der Waals surface area contributed by atoms with E-state index in [1.54, 1.807) is 0 Å². The first-order valence-corrected chi connectivity index (χ1v) is 9.69. The Hall–Kier alpha value is -2.37. The predicted octanol–water partition coefficient (Wildman–Crippen LogP) is 3.10. The Morgan fingerprint density at radius 2 is 1.93 bits per heavy atom. The number of rotatable bonds is 8. The molecule has 1 saturated heterocycles. The molecule has 0 radical (unpaired) electrons. The number of hydrogen-bond donors (Lipinski definition) is 3. The molecule has 3 N–H and O–H groups in total. The van der Waals surface area contributed by atoms with Crippen LogP contribution in [0.3, 0.4) is 0 Å². The predicted molar refractivity (Wildman–Crippen MR) is 109 cm³/mol. The highest BCUT2D eigenvalue weighted by molar-refractivity contribution is 5.91. The van der Waals surface area contributed by atoms with Gasteiger partial charge in [-0.15, -0.1) is 0 Å². The van der Waals surface area contributed by atoms with Crippen LogP contribution < -0.4 is 20.7 Å². The minimum absolute atomic E-state index is 0.000166. The van der Waals surface area contributed by atoms with E-state index in [-0.39, 0.29) is 12.5 Å². The molecular formula is C22H29N3O2. The molecule has 2 aromatic rings. The summed E-state index contributed by atoms with van der Waals surface area (Å²) in [5, 5.41) is 9.78. The van der Waals surface area contributed by atoms with Gasteiger partial charge in [0.1, 0.15) is 5.75 Å². The van der Waals surface area contributed by atoms with Crippen molar-refractivity contribution in [3.05, 3.63) is 59.7 Å². The van der Waals surface area contributed by atoms with Crippen molar-refractivity contribution >= 4 is 11.6 Å². The van der Waals surface area contributed by atoms with E-state index < -0.39 is 0 Å². The summed E-state index contributed by atoms with van der Waals surface area (Å²) in [6.45, 7) is 6.13. The number of carbonyl (C=O) groups excluding carboxylic acids is 1. The van der Waals surface area contributed by atoms with Crippen LogP contribution in [-0.4, -0.2) is 32.1 Å². The third kappa shape index (κ3) is 6.70. The van der Waals surface area contributed by atoms with Crippen LogP contribution in [0.25, 0.3) is 0 Å². The Morgan fingerprint density at radius 1 is 1.15 bits per heavy atom. The first-order chi connectivity index (χ1) is 13.2. The second-order valence-corrected chi connectivity index (χ2v) is 7.17. The molecule has 1 amide bonds. The highest BCUT2D eigenvalue weighted by Crippen LogP contribution is 2.15. The highest BCUT2D eigenvalue weighted by atomic mass is 16.5. The lowest BCUT2D eigenvalue weighted by molar-refractivity contribution is -0.118. The summed E-state index contributed by atoms with van der Waals surface area (Å²) in [4.78, 5) is 12.0. The number of amides is 1. The van der Waals surface area contributed by atoms with Gasteiger partial charge in [-0.25, -0.2) is 0 Å². The zero-order valence-electron chi connectivity index (χ0n) is 16.0. The third-order valence-electron chi connectivity index (χ3n) is 4.82. The maximum Gasteiger partial charge on any atom is 0.262 e. The summed E-state index contributed by atoms with van der Waals surface area (Å²) in [7, 11) is 0. The Kier molecular flexibility index (Phi) is 7.25. The van der Waals surface area contributed by atoms with E-state index >= 15 is 0 Å². The first kappa shape index (κ1) is 19.4. The van der Waals surface area contributed by atoms with Crippen LogP contribution in [0.15, 0.2) is 48.5 Å². The van der Waals surface area contributed by atoms with Crippen molar-refractivity contribution in [2.45, 2.75) is 26.3 Å². The van der Waals surface area contributed by atoms with Crippen LogP contribution in [-0.2, 0) is 11.3 Å². The van der Waals surface area contributed by atoms with Crippen LogP contribution in [0.4, 0.5) is 5.69 Å². The van der Waals surface area contributed by atoms with Gasteiger partial charge in [-0.05, 0) is 75.1 Å². The Balaban J connectivity index is 1.41. The molecule has 1 aliphatic rings. The van der Waals surface area contributed by atoms with E-state index in [0.717, 1.165) is 49.1 Å². The van der Waals surface area contributed by atoms with Gasteiger partial charge in [-0.3, -0.25) is 4.79 Å². The number of aryl methyl sites for hydroxylation is 1. The van der Waals surface area contributed by atoms with Crippen LogP contribution in [0.2, 0.25) is 0 Å². The molecule has 0 spiro atoms. The Bertz CT molecular complexity index is 725. The summed E-state index contributed by atoms with van der Waals surface area (Å²) in [5.74, 6) is 1.32. The largest absolute Gasteiger partial charge is 0.484 e. The lowest BCUT2D eigenvalue weighted by Crippen LogP contribution is -2.33. The topological polar surface area (TPSA) is 62.4 Å². The second kappa shape index (κ2) is 10.1. The number of hydrogen-bond acceptors (Lipinski definition) is 4. The Morgan fingerprint density at radius 3 is 2.70 bits per heavy atom. The number of nitrogens with one attached hydrogen (secondary N) is 3. The molecule has 3 rings (SSSR count). The van der Waals surface area contributed by atoms with E-state index in [1.165, 1.54) is 18.4 Å². The van der Waals surface area contributed by atoms with Gasteiger partial charge in [-0.2, -0.15) is 0 Å². The normalized spacial score (nSPS) is 14.7. The van der Waals surface area contributed by atoms with E-state index in [1.807, 2.05) is 49.4 Å². The van der Waals surface area contributed by atoms with Gasteiger partial charge >= 0.3 is 0 Å². The standard InChI is InChI=1S/C22H29N3O2/c1-17-5-7-20(8-6-17)25-22(26)16-27-21-4-2-3-19(13-21)15-24-14-18-9-11-23-12-10-18/h2-8,13,18,23-24H,9-12,14-16H2,1H3,(H,25,26). The summed E-state index contributed by atoms with van der Waals surface area (Å²) in [5.41, 5.74) is 3.11. The van der Waals surface area contributed by atoms with Crippen molar-refractivity contribution in [3.8, 4) is 5.75 Å². The smallest absolute Gasteiger partial charge is 0.262 e. The second-order valence-electron chi connectivity index (χ2n) is 7.17. The number of benzene rings is 2. The minimum atomic E-state index is -0.159. The fraction of sp³-hybridized carbons (Fsp3) is 0.409. The molecule has 0 aliphatic carbocycles. The summed E-state index contributed by atoms with van der Waals surface area (Å²) >= 11 is 0. The zero-order valence-corrected chi connectivity index (χ0v) is 16.0. The molecule has 1 aliphatic heterocycles. The van der Waals surface area contributed by atoms with Gasteiger partial charge in [0.15, 0.2) is 6.61 Å². The first-order valence-electron chi connectivity index (χ1n) is 9.69. The molecule has 1 heterocycles. The molecule has 5 heteroatoms. The molecule has 27 heavy (non-hydrogen) atoms. The van der Waals surface area contributed by atoms with Gasteiger partial charge in [0.25, 0.3) is 5.91 Å². The average molecular weight is 367 g/mol. The van der Waals surface area contributed by atoms with Crippen LogP contribution >= 0.6 is 0 Å². The molecule has 0 atom stereocenters. The fourth-order valence-corrected chi connectivity index (χ4v) is 3.23. The zero-order chi connectivity index (χ0) is 18.9. The number of piperidine rings is 1. The summed E-state index contributed by atoms with van der Waals surface area (Å²) < 4.78 is 5.65. The summed E-state index contributed by atoms with van der Waals surface area (Å²) in [6, 6.07) is 15.6. The van der Waals surface area contributed by atoms with E-state index in [2.05, 4.69) is 22.0 Å². The molecule has 0 unspecified atom stereocenters. The van der Waals surface area contributed by atoms with Crippen molar-refractivity contribution in [1.29, 1.82) is 0 Å². The quantitative estimate of drug-likeness (QED) is 0.671.